The van der Waals surface area contributed by atoms with Gasteiger partial charge in [0.25, 0.3) is 15.7 Å². The van der Waals surface area contributed by atoms with Gasteiger partial charge in [0.15, 0.2) is 0 Å². The average Bonchev–Trinajstić information content (AvgIpc) is 2.41. The number of hydrogen-bond acceptors (Lipinski definition) is 4. The van der Waals surface area contributed by atoms with Crippen molar-refractivity contribution in [3.63, 3.8) is 0 Å². The largest absolute Gasteiger partial charge is 0.294 e. The number of halogens is 2. The lowest BCUT2D eigenvalue weighted by atomic mass is 10.3. The van der Waals surface area contributed by atoms with Gasteiger partial charge in [0.1, 0.15) is 11.5 Å². The molecule has 2 aromatic carbocycles. The Hall–Kier alpha value is -2.19. The topological polar surface area (TPSA) is 89.3 Å². The summed E-state index contributed by atoms with van der Waals surface area (Å²) in [6, 6.07) is 7.59. The van der Waals surface area contributed by atoms with Gasteiger partial charge in [-0.3, -0.25) is 14.8 Å². The Morgan fingerprint density at radius 2 is 1.76 bits per heavy atom. The summed E-state index contributed by atoms with van der Waals surface area (Å²) in [6.45, 7) is 0. The van der Waals surface area contributed by atoms with Gasteiger partial charge in [0.2, 0.25) is 0 Å². The summed E-state index contributed by atoms with van der Waals surface area (Å²) in [5.41, 5.74) is -0.707. The van der Waals surface area contributed by atoms with Crippen LogP contribution in [0.4, 0.5) is 15.8 Å². The fourth-order valence-electron chi connectivity index (χ4n) is 1.56. The summed E-state index contributed by atoms with van der Waals surface area (Å²) >= 11 is 5.64. The molecule has 0 aliphatic heterocycles. The van der Waals surface area contributed by atoms with Gasteiger partial charge in [-0.25, -0.2) is 12.8 Å². The van der Waals surface area contributed by atoms with Crippen molar-refractivity contribution in [2.75, 3.05) is 4.72 Å². The van der Waals surface area contributed by atoms with Crippen LogP contribution in [0.5, 0.6) is 0 Å². The first kappa shape index (κ1) is 15.2. The maximum Gasteiger partial charge on any atom is 0.294 e. The minimum Gasteiger partial charge on any atom is -0.273 e. The van der Waals surface area contributed by atoms with Crippen molar-refractivity contribution in [1.29, 1.82) is 0 Å². The van der Waals surface area contributed by atoms with E-state index in [9.17, 15) is 22.9 Å². The zero-order chi connectivity index (χ0) is 15.6. The van der Waals surface area contributed by atoms with Crippen LogP contribution < -0.4 is 4.72 Å². The Labute approximate surface area is 124 Å². The first-order valence-electron chi connectivity index (χ1n) is 5.52. The first-order valence-corrected chi connectivity index (χ1v) is 7.38. The molecule has 9 heteroatoms. The standard InChI is InChI=1S/C12H8ClFN2O4S/c13-8-1-6-11(12(7-8)16(17)18)15-21(19,20)10-4-2-9(14)3-5-10/h1-7,15H. The SMILES string of the molecule is O=[N+]([O-])c1cc(Cl)ccc1NS(=O)(=O)c1ccc(F)cc1. The van der Waals surface area contributed by atoms with Crippen LogP contribution in [-0.2, 0) is 10.0 Å². The molecular formula is C12H8ClFN2O4S. The number of rotatable bonds is 4. The van der Waals surface area contributed by atoms with E-state index < -0.39 is 26.5 Å². The van der Waals surface area contributed by atoms with E-state index in [1.807, 2.05) is 0 Å². The van der Waals surface area contributed by atoms with Crippen LogP contribution in [0.3, 0.4) is 0 Å². The minimum absolute atomic E-state index is 0.103. The third-order valence-electron chi connectivity index (χ3n) is 2.52. The number of nitrogens with one attached hydrogen (secondary N) is 1. The lowest BCUT2D eigenvalue weighted by Crippen LogP contribution is -2.14. The molecule has 0 amide bonds. The number of nitro benzene ring substituents is 1. The highest BCUT2D eigenvalue weighted by molar-refractivity contribution is 7.92. The first-order chi connectivity index (χ1) is 9.79. The summed E-state index contributed by atoms with van der Waals surface area (Å²) in [6.07, 6.45) is 0. The van der Waals surface area contributed by atoms with Gasteiger partial charge in [-0.2, -0.15) is 0 Å². The number of benzene rings is 2. The molecule has 0 atom stereocenters. The molecule has 0 heterocycles. The summed E-state index contributed by atoms with van der Waals surface area (Å²) in [5.74, 6) is -0.591. The Balaban J connectivity index is 2.41. The van der Waals surface area contributed by atoms with E-state index in [1.54, 1.807) is 0 Å². The van der Waals surface area contributed by atoms with Gasteiger partial charge in [0, 0.05) is 11.1 Å². The fraction of sp³-hybridized carbons (Fsp3) is 0. The van der Waals surface area contributed by atoms with Crippen LogP contribution in [0.2, 0.25) is 5.02 Å². The molecule has 0 fully saturated rings. The van der Waals surface area contributed by atoms with Crippen LogP contribution in [0.15, 0.2) is 47.4 Å². The fourth-order valence-corrected chi connectivity index (χ4v) is 2.80. The van der Waals surface area contributed by atoms with Crippen LogP contribution in [0.25, 0.3) is 0 Å². The predicted molar refractivity (Wildman–Crippen MR) is 75.3 cm³/mol. The van der Waals surface area contributed by atoms with Crippen molar-refractivity contribution >= 4 is 33.0 Å². The van der Waals surface area contributed by atoms with Gasteiger partial charge in [-0.15, -0.1) is 0 Å². The molecule has 2 aromatic rings. The Kier molecular flexibility index (Phi) is 4.10. The molecule has 0 bridgehead atoms. The molecule has 0 unspecified atom stereocenters. The highest BCUT2D eigenvalue weighted by Gasteiger charge is 2.21. The van der Waals surface area contributed by atoms with E-state index in [0.29, 0.717) is 0 Å². The van der Waals surface area contributed by atoms with Crippen LogP contribution in [-0.4, -0.2) is 13.3 Å². The lowest BCUT2D eigenvalue weighted by Gasteiger charge is -2.08. The van der Waals surface area contributed by atoms with Gasteiger partial charge in [-0.1, -0.05) is 11.6 Å². The predicted octanol–water partition coefficient (Wildman–Crippen LogP) is 3.19. The average molecular weight is 331 g/mol. The van der Waals surface area contributed by atoms with Gasteiger partial charge < -0.3 is 0 Å². The molecule has 21 heavy (non-hydrogen) atoms. The Morgan fingerprint density at radius 3 is 2.33 bits per heavy atom. The quantitative estimate of drug-likeness (QED) is 0.688. The second kappa shape index (κ2) is 5.66. The lowest BCUT2D eigenvalue weighted by molar-refractivity contribution is -0.383. The van der Waals surface area contributed by atoms with Crippen molar-refractivity contribution < 1.29 is 17.7 Å². The molecule has 1 N–H and O–H groups in total. The number of nitrogens with zero attached hydrogens (tertiary/aromatic N) is 1. The molecule has 0 aromatic heterocycles. The molecule has 110 valence electrons. The summed E-state index contributed by atoms with van der Waals surface area (Å²) in [4.78, 5) is 9.93. The summed E-state index contributed by atoms with van der Waals surface area (Å²) in [5, 5.41) is 11.0. The van der Waals surface area contributed by atoms with E-state index in [2.05, 4.69) is 4.72 Å². The zero-order valence-corrected chi connectivity index (χ0v) is 11.9. The number of sulfonamides is 1. The molecule has 6 nitrogen and oxygen atoms in total. The van der Waals surface area contributed by atoms with Crippen LogP contribution >= 0.6 is 11.6 Å². The van der Waals surface area contributed by atoms with Crippen molar-refractivity contribution in [2.45, 2.75) is 4.90 Å². The van der Waals surface area contributed by atoms with Gasteiger partial charge in [-0.05, 0) is 36.4 Å². The van der Waals surface area contributed by atoms with Crippen LogP contribution in [0.1, 0.15) is 0 Å². The van der Waals surface area contributed by atoms with E-state index in [0.717, 1.165) is 30.3 Å². The van der Waals surface area contributed by atoms with Gasteiger partial charge in [0.05, 0.1) is 9.82 Å². The summed E-state index contributed by atoms with van der Waals surface area (Å²) < 4.78 is 39.0. The maximum absolute atomic E-state index is 12.8. The van der Waals surface area contributed by atoms with E-state index in [4.69, 9.17) is 11.6 Å². The van der Waals surface area contributed by atoms with Gasteiger partial charge >= 0.3 is 0 Å². The second-order valence-electron chi connectivity index (χ2n) is 3.98. The molecule has 0 radical (unpaired) electrons. The smallest absolute Gasteiger partial charge is 0.273 e. The monoisotopic (exact) mass is 330 g/mol. The maximum atomic E-state index is 12.8. The molecule has 0 saturated heterocycles. The zero-order valence-electron chi connectivity index (χ0n) is 10.3. The van der Waals surface area contributed by atoms with Crippen molar-refractivity contribution in [3.05, 3.63) is 63.4 Å². The molecular weight excluding hydrogens is 323 g/mol. The Bertz CT molecular complexity index is 793. The second-order valence-corrected chi connectivity index (χ2v) is 6.10. The van der Waals surface area contributed by atoms with Crippen LogP contribution in [0, 0.1) is 15.9 Å². The minimum atomic E-state index is -4.06. The molecule has 0 saturated carbocycles. The number of nitro groups is 1. The third kappa shape index (κ3) is 3.47. The molecule has 0 aliphatic rings. The molecule has 0 spiro atoms. The normalized spacial score (nSPS) is 11.1. The van der Waals surface area contributed by atoms with Crippen molar-refractivity contribution in [3.8, 4) is 0 Å². The van der Waals surface area contributed by atoms with E-state index in [1.165, 1.54) is 12.1 Å². The van der Waals surface area contributed by atoms with E-state index in [-0.39, 0.29) is 15.6 Å². The number of hydrogen-bond donors (Lipinski definition) is 1. The third-order valence-corrected chi connectivity index (χ3v) is 4.14. The summed E-state index contributed by atoms with van der Waals surface area (Å²) in [7, 11) is -4.06. The molecule has 0 aliphatic carbocycles. The Morgan fingerprint density at radius 1 is 1.14 bits per heavy atom. The molecule has 2 rings (SSSR count). The van der Waals surface area contributed by atoms with Crippen molar-refractivity contribution in [1.82, 2.24) is 0 Å². The van der Waals surface area contributed by atoms with Crippen molar-refractivity contribution in [2.24, 2.45) is 0 Å². The van der Waals surface area contributed by atoms with E-state index >= 15 is 0 Å². The highest BCUT2D eigenvalue weighted by Crippen LogP contribution is 2.29. The number of anilines is 1. The highest BCUT2D eigenvalue weighted by atomic mass is 35.5.